The van der Waals surface area contributed by atoms with Crippen LogP contribution in [0.4, 0.5) is 17.6 Å². The first-order valence-electron chi connectivity index (χ1n) is 2.70. The topological polar surface area (TPSA) is 54.4 Å². The molecule has 0 aliphatic carbocycles. The number of hydrogen-bond donors (Lipinski definition) is 1. The van der Waals surface area contributed by atoms with Crippen molar-refractivity contribution in [3.8, 4) is 0 Å². The summed E-state index contributed by atoms with van der Waals surface area (Å²) in [6, 6.07) is -1.25. The van der Waals surface area contributed by atoms with Gasteiger partial charge >= 0.3 is 18.2 Å². The second-order valence-electron chi connectivity index (χ2n) is 1.51. The monoisotopic (exact) mass is 190 g/mol. The van der Waals surface area contributed by atoms with E-state index in [1.165, 1.54) is 6.92 Å². The first-order chi connectivity index (χ1) is 5.21. The molecular weight excluding hydrogens is 184 g/mol. The highest BCUT2D eigenvalue weighted by Crippen LogP contribution is 2.13. The summed E-state index contributed by atoms with van der Waals surface area (Å²) >= 11 is 0. The summed E-state index contributed by atoms with van der Waals surface area (Å²) in [7, 11) is 0. The van der Waals surface area contributed by atoms with Crippen LogP contribution in [0.5, 0.6) is 0 Å². The van der Waals surface area contributed by atoms with E-state index in [1.807, 2.05) is 0 Å². The Hall–Kier alpha value is -1.14. The third-order valence-corrected chi connectivity index (χ3v) is 0.520. The largest absolute Gasteiger partial charge is 0.490 e. The summed E-state index contributed by atoms with van der Waals surface area (Å²) in [6.45, 7) is 1.47. The SMILES string of the molecule is CCC(=O)F.O=C(O)C(F)(F)F. The molecule has 0 fully saturated rings. The number of alkyl halides is 3. The van der Waals surface area contributed by atoms with Gasteiger partial charge < -0.3 is 5.11 Å². The van der Waals surface area contributed by atoms with Crippen LogP contribution in [0.3, 0.4) is 0 Å². The summed E-state index contributed by atoms with van der Waals surface area (Å²) in [4.78, 5) is 18.0. The lowest BCUT2D eigenvalue weighted by Gasteiger charge is -1.93. The molecule has 0 unspecified atom stereocenters. The van der Waals surface area contributed by atoms with Gasteiger partial charge in [0.25, 0.3) is 0 Å². The van der Waals surface area contributed by atoms with Gasteiger partial charge in [0.05, 0.1) is 0 Å². The van der Waals surface area contributed by atoms with Crippen LogP contribution in [0, 0.1) is 0 Å². The molecular formula is C5H6F4O3. The van der Waals surface area contributed by atoms with Crippen molar-refractivity contribution in [1.29, 1.82) is 0 Å². The second-order valence-corrected chi connectivity index (χ2v) is 1.51. The zero-order valence-corrected chi connectivity index (χ0v) is 5.98. The van der Waals surface area contributed by atoms with Gasteiger partial charge in [0.1, 0.15) is 0 Å². The van der Waals surface area contributed by atoms with Crippen LogP contribution in [-0.2, 0) is 9.59 Å². The van der Waals surface area contributed by atoms with Crippen LogP contribution < -0.4 is 0 Å². The third-order valence-electron chi connectivity index (χ3n) is 0.520. The predicted octanol–water partition coefficient (Wildman–Crippen LogP) is 1.53. The first-order valence-corrected chi connectivity index (χ1v) is 2.70. The Labute approximate surface area is 65.0 Å². The van der Waals surface area contributed by atoms with E-state index >= 15 is 0 Å². The van der Waals surface area contributed by atoms with Crippen LogP contribution in [0.2, 0.25) is 0 Å². The van der Waals surface area contributed by atoms with E-state index in [0.29, 0.717) is 0 Å². The zero-order chi connectivity index (χ0) is 10.4. The highest BCUT2D eigenvalue weighted by Gasteiger charge is 2.38. The normalized spacial score (nSPS) is 9.75. The maximum Gasteiger partial charge on any atom is 0.490 e. The molecule has 0 aromatic heterocycles. The van der Waals surface area contributed by atoms with Crippen molar-refractivity contribution in [2.24, 2.45) is 0 Å². The van der Waals surface area contributed by atoms with Gasteiger partial charge in [-0.3, -0.25) is 4.79 Å². The molecule has 0 aliphatic rings. The van der Waals surface area contributed by atoms with Crippen LogP contribution in [-0.4, -0.2) is 23.3 Å². The highest BCUT2D eigenvalue weighted by molar-refractivity contribution is 5.73. The summed E-state index contributed by atoms with van der Waals surface area (Å²) in [6.07, 6.45) is -5.08. The molecule has 0 aromatic rings. The van der Waals surface area contributed by atoms with Crippen molar-refractivity contribution in [1.82, 2.24) is 0 Å². The summed E-state index contributed by atoms with van der Waals surface area (Å²) in [5, 5.41) is 7.12. The van der Waals surface area contributed by atoms with Gasteiger partial charge in [0.2, 0.25) is 0 Å². The Morgan fingerprint density at radius 2 is 1.50 bits per heavy atom. The summed E-state index contributed by atoms with van der Waals surface area (Å²) in [5.74, 6) is -2.76. The standard InChI is InChI=1S/C3H5FO.C2HF3O2/c1-2-3(4)5;3-2(4,5)1(6)7/h2H2,1H3;(H,6,7). The minimum atomic E-state index is -5.08. The van der Waals surface area contributed by atoms with Crippen molar-refractivity contribution in [3.63, 3.8) is 0 Å². The lowest BCUT2D eigenvalue weighted by Crippen LogP contribution is -2.21. The lowest BCUT2D eigenvalue weighted by molar-refractivity contribution is -0.192. The van der Waals surface area contributed by atoms with E-state index in [0.717, 1.165) is 0 Å². The van der Waals surface area contributed by atoms with Gasteiger partial charge in [-0.2, -0.15) is 17.6 Å². The third kappa shape index (κ3) is 11.6. The van der Waals surface area contributed by atoms with Crippen molar-refractivity contribution in [2.75, 3.05) is 0 Å². The van der Waals surface area contributed by atoms with Crippen LogP contribution >= 0.6 is 0 Å². The zero-order valence-electron chi connectivity index (χ0n) is 5.98. The minimum Gasteiger partial charge on any atom is -0.475 e. The number of rotatable bonds is 1. The maximum absolute atomic E-state index is 10.8. The lowest BCUT2D eigenvalue weighted by atomic mass is 10.5. The number of carbonyl (C=O) groups excluding carboxylic acids is 1. The molecule has 0 amide bonds. The molecule has 0 aromatic carbocycles. The Morgan fingerprint density at radius 3 is 1.50 bits per heavy atom. The first kappa shape index (κ1) is 13.4. The Kier molecular flexibility index (Phi) is 6.17. The molecule has 0 saturated heterocycles. The van der Waals surface area contributed by atoms with Crippen LogP contribution in [0.25, 0.3) is 0 Å². The van der Waals surface area contributed by atoms with Crippen molar-refractivity contribution < 1.29 is 32.3 Å². The van der Waals surface area contributed by atoms with E-state index in [1.54, 1.807) is 0 Å². The summed E-state index contributed by atoms with van der Waals surface area (Å²) < 4.78 is 42.5. The molecule has 72 valence electrons. The van der Waals surface area contributed by atoms with Gasteiger partial charge in [0, 0.05) is 6.42 Å². The summed E-state index contributed by atoms with van der Waals surface area (Å²) in [5.41, 5.74) is 0. The molecule has 0 atom stereocenters. The van der Waals surface area contributed by atoms with E-state index in [2.05, 4.69) is 0 Å². The van der Waals surface area contributed by atoms with E-state index in [-0.39, 0.29) is 6.42 Å². The molecule has 0 heterocycles. The van der Waals surface area contributed by atoms with Crippen LogP contribution in [0.1, 0.15) is 13.3 Å². The molecule has 0 bridgehead atoms. The van der Waals surface area contributed by atoms with Crippen molar-refractivity contribution in [2.45, 2.75) is 19.5 Å². The average Bonchev–Trinajstić information content (AvgIpc) is 1.87. The number of carboxylic acids is 1. The van der Waals surface area contributed by atoms with Gasteiger partial charge in [-0.05, 0) is 0 Å². The molecule has 0 radical (unpaired) electrons. The molecule has 12 heavy (non-hydrogen) atoms. The fraction of sp³-hybridized carbons (Fsp3) is 0.600. The second kappa shape index (κ2) is 5.50. The van der Waals surface area contributed by atoms with E-state index < -0.39 is 18.2 Å². The maximum atomic E-state index is 10.8. The van der Waals surface area contributed by atoms with Gasteiger partial charge in [-0.25, -0.2) is 4.79 Å². The fourth-order valence-corrected chi connectivity index (χ4v) is 0. The van der Waals surface area contributed by atoms with E-state index in [9.17, 15) is 17.6 Å². The molecule has 0 rings (SSSR count). The average molecular weight is 190 g/mol. The highest BCUT2D eigenvalue weighted by atomic mass is 19.4. The molecule has 7 heteroatoms. The van der Waals surface area contributed by atoms with Gasteiger partial charge in [0.15, 0.2) is 0 Å². The number of carbonyl (C=O) groups is 2. The Balaban J connectivity index is 0. The number of halogens is 4. The van der Waals surface area contributed by atoms with Crippen LogP contribution in [0.15, 0.2) is 0 Å². The van der Waals surface area contributed by atoms with Gasteiger partial charge in [-0.1, -0.05) is 6.92 Å². The smallest absolute Gasteiger partial charge is 0.475 e. The number of carboxylic acid groups (broad SMARTS) is 1. The number of hydrogen-bond acceptors (Lipinski definition) is 2. The van der Waals surface area contributed by atoms with Gasteiger partial charge in [-0.15, -0.1) is 0 Å². The molecule has 0 aliphatic heterocycles. The van der Waals surface area contributed by atoms with E-state index in [4.69, 9.17) is 14.7 Å². The minimum absolute atomic E-state index is 0. The fourth-order valence-electron chi connectivity index (χ4n) is 0. The number of aliphatic carboxylic acids is 1. The molecule has 0 spiro atoms. The molecule has 1 N–H and O–H groups in total. The van der Waals surface area contributed by atoms with Crippen molar-refractivity contribution >= 4 is 12.0 Å². The quantitative estimate of drug-likeness (QED) is 0.503. The Bertz CT molecular complexity index is 163. The molecule has 3 nitrogen and oxygen atoms in total. The van der Waals surface area contributed by atoms with Crippen molar-refractivity contribution in [3.05, 3.63) is 0 Å². The predicted molar refractivity (Wildman–Crippen MR) is 30.1 cm³/mol. The Morgan fingerprint density at radius 1 is 1.33 bits per heavy atom. The molecule has 0 saturated carbocycles.